The average molecular weight is 457 g/mol. The van der Waals surface area contributed by atoms with Crippen molar-refractivity contribution in [1.29, 1.82) is 0 Å². The van der Waals surface area contributed by atoms with Crippen LogP contribution in [0, 0.1) is 20.8 Å². The molecule has 0 aliphatic carbocycles. The molecule has 0 fully saturated rings. The van der Waals surface area contributed by atoms with E-state index >= 15 is 0 Å². The summed E-state index contributed by atoms with van der Waals surface area (Å²) in [5.41, 5.74) is 6.18. The summed E-state index contributed by atoms with van der Waals surface area (Å²) in [6, 6.07) is 4.79. The van der Waals surface area contributed by atoms with Gasteiger partial charge in [0.2, 0.25) is 0 Å². The molecule has 0 bridgehead atoms. The molecule has 0 N–H and O–H groups in total. The SMILES string of the molecule is CCc1cc(-c2sc(C(C)(C)C)c(C)c2C)sc1C=Cc1sc(C(C)(C)C)cc1C. The number of aryl methyl sites for hydroxylation is 2. The van der Waals surface area contributed by atoms with Gasteiger partial charge in [-0.2, -0.15) is 0 Å². The quantitative estimate of drug-likeness (QED) is 0.366. The van der Waals surface area contributed by atoms with Crippen LogP contribution in [0.25, 0.3) is 21.9 Å². The highest BCUT2D eigenvalue weighted by molar-refractivity contribution is 7.23. The van der Waals surface area contributed by atoms with E-state index in [0.29, 0.717) is 0 Å². The summed E-state index contributed by atoms with van der Waals surface area (Å²) in [4.78, 5) is 8.64. The lowest BCUT2D eigenvalue weighted by Gasteiger charge is -2.17. The van der Waals surface area contributed by atoms with Gasteiger partial charge in [0, 0.05) is 29.3 Å². The Morgan fingerprint density at radius 3 is 1.90 bits per heavy atom. The number of rotatable bonds is 4. The van der Waals surface area contributed by atoms with Crippen molar-refractivity contribution < 1.29 is 0 Å². The van der Waals surface area contributed by atoms with Crippen LogP contribution < -0.4 is 0 Å². The van der Waals surface area contributed by atoms with Crippen LogP contribution in [0.1, 0.15) is 90.2 Å². The molecule has 0 radical (unpaired) electrons. The third-order valence-electron chi connectivity index (χ3n) is 5.66. The van der Waals surface area contributed by atoms with E-state index in [4.69, 9.17) is 0 Å². The Labute approximate surface area is 195 Å². The Hall–Kier alpha value is -1.16. The molecule has 3 heterocycles. The molecule has 0 saturated heterocycles. The monoisotopic (exact) mass is 456 g/mol. The van der Waals surface area contributed by atoms with Gasteiger partial charge in [0.1, 0.15) is 0 Å². The van der Waals surface area contributed by atoms with E-state index in [1.807, 2.05) is 34.0 Å². The Balaban J connectivity index is 1.99. The molecule has 0 nitrogen and oxygen atoms in total. The first-order chi connectivity index (χ1) is 13.8. The number of hydrogen-bond donors (Lipinski definition) is 0. The Morgan fingerprint density at radius 2 is 1.40 bits per heavy atom. The molecule has 3 heteroatoms. The maximum Gasteiger partial charge on any atom is 0.0477 e. The van der Waals surface area contributed by atoms with Crippen molar-refractivity contribution in [1.82, 2.24) is 0 Å². The fourth-order valence-corrected chi connectivity index (χ4v) is 7.52. The minimum atomic E-state index is 0.201. The maximum atomic E-state index is 2.43. The highest BCUT2D eigenvalue weighted by atomic mass is 32.1. The summed E-state index contributed by atoms with van der Waals surface area (Å²) in [7, 11) is 0. The summed E-state index contributed by atoms with van der Waals surface area (Å²) in [6.07, 6.45) is 5.75. The van der Waals surface area contributed by atoms with E-state index in [9.17, 15) is 0 Å². The zero-order valence-corrected chi connectivity index (χ0v) is 22.7. The zero-order chi connectivity index (χ0) is 22.4. The van der Waals surface area contributed by atoms with Crippen LogP contribution in [0.4, 0.5) is 0 Å². The van der Waals surface area contributed by atoms with E-state index in [0.717, 1.165) is 6.42 Å². The zero-order valence-electron chi connectivity index (χ0n) is 20.2. The summed E-state index contributed by atoms with van der Waals surface area (Å²) >= 11 is 5.87. The topological polar surface area (TPSA) is 0 Å². The molecule has 30 heavy (non-hydrogen) atoms. The van der Waals surface area contributed by atoms with Gasteiger partial charge in [-0.25, -0.2) is 0 Å². The molecule has 0 aliphatic rings. The van der Waals surface area contributed by atoms with Gasteiger partial charge in [0.05, 0.1) is 0 Å². The smallest absolute Gasteiger partial charge is 0.0477 e. The molecule has 3 aromatic rings. The van der Waals surface area contributed by atoms with Crippen LogP contribution in [0.15, 0.2) is 12.1 Å². The normalized spacial score (nSPS) is 13.0. The van der Waals surface area contributed by atoms with Crippen LogP contribution in [-0.2, 0) is 17.3 Å². The molecule has 3 rings (SSSR count). The minimum absolute atomic E-state index is 0.201. The number of thiophene rings is 3. The largest absolute Gasteiger partial charge is 0.140 e. The fourth-order valence-electron chi connectivity index (χ4n) is 3.70. The van der Waals surface area contributed by atoms with Gasteiger partial charge in [-0.1, -0.05) is 48.5 Å². The Morgan fingerprint density at radius 1 is 0.767 bits per heavy atom. The van der Waals surface area contributed by atoms with Crippen molar-refractivity contribution in [3.8, 4) is 9.75 Å². The van der Waals surface area contributed by atoms with Gasteiger partial charge in [-0.15, -0.1) is 34.0 Å². The number of hydrogen-bond acceptors (Lipinski definition) is 3. The van der Waals surface area contributed by atoms with Crippen LogP contribution >= 0.6 is 34.0 Å². The van der Waals surface area contributed by atoms with Crippen molar-refractivity contribution >= 4 is 46.2 Å². The van der Waals surface area contributed by atoms with E-state index in [-0.39, 0.29) is 10.8 Å². The molecule has 0 aromatic carbocycles. The molecule has 0 unspecified atom stereocenters. The van der Waals surface area contributed by atoms with Gasteiger partial charge >= 0.3 is 0 Å². The highest BCUT2D eigenvalue weighted by Crippen LogP contribution is 2.45. The standard InChI is InChI=1S/C27H36S3/c1-11-19-15-22(24-17(3)18(4)25(30-24)27(8,9)10)28-21(19)13-12-20-16(2)14-23(29-20)26(5,6)7/h12-15H,11H2,1-10H3. The average Bonchev–Trinajstić information content (AvgIpc) is 3.29. The molecule has 162 valence electrons. The van der Waals surface area contributed by atoms with Crippen molar-refractivity contribution in [3.63, 3.8) is 0 Å². The van der Waals surface area contributed by atoms with Crippen molar-refractivity contribution in [3.05, 3.63) is 53.9 Å². The van der Waals surface area contributed by atoms with Crippen LogP contribution in [-0.4, -0.2) is 0 Å². The van der Waals surface area contributed by atoms with Gasteiger partial charge in [0.15, 0.2) is 0 Å². The van der Waals surface area contributed by atoms with E-state index in [2.05, 4.69) is 93.5 Å². The molecule has 0 atom stereocenters. The highest BCUT2D eigenvalue weighted by Gasteiger charge is 2.24. The van der Waals surface area contributed by atoms with E-state index < -0.39 is 0 Å². The van der Waals surface area contributed by atoms with Crippen molar-refractivity contribution in [2.75, 3.05) is 0 Å². The first-order valence-corrected chi connectivity index (χ1v) is 13.3. The van der Waals surface area contributed by atoms with Crippen LogP contribution in [0.3, 0.4) is 0 Å². The Kier molecular flexibility index (Phi) is 6.59. The van der Waals surface area contributed by atoms with E-state index in [1.165, 1.54) is 51.5 Å². The molecule has 0 amide bonds. The second-order valence-electron chi connectivity index (χ2n) is 10.4. The van der Waals surface area contributed by atoms with Gasteiger partial charge < -0.3 is 0 Å². The fraction of sp³-hybridized carbons (Fsp3) is 0.481. The molecular formula is C27H36S3. The molecule has 0 aliphatic heterocycles. The van der Waals surface area contributed by atoms with Gasteiger partial charge in [-0.05, 0) is 84.6 Å². The predicted molar refractivity (Wildman–Crippen MR) is 142 cm³/mol. The third-order valence-corrected chi connectivity index (χ3v) is 10.4. The summed E-state index contributed by atoms with van der Waals surface area (Å²) in [5, 5.41) is 0. The third kappa shape index (κ3) is 4.69. The summed E-state index contributed by atoms with van der Waals surface area (Å²) in [6.45, 7) is 22.9. The van der Waals surface area contributed by atoms with Crippen molar-refractivity contribution in [2.45, 2.75) is 86.5 Å². The first kappa shape index (κ1) is 23.5. The summed E-state index contributed by atoms with van der Waals surface area (Å²) < 4.78 is 0. The lowest BCUT2D eigenvalue weighted by atomic mass is 9.91. The maximum absolute atomic E-state index is 2.43. The second-order valence-corrected chi connectivity index (χ2v) is 13.5. The van der Waals surface area contributed by atoms with Crippen LogP contribution in [0.2, 0.25) is 0 Å². The van der Waals surface area contributed by atoms with Crippen LogP contribution in [0.5, 0.6) is 0 Å². The van der Waals surface area contributed by atoms with Crippen molar-refractivity contribution in [2.24, 2.45) is 0 Å². The molecular weight excluding hydrogens is 420 g/mol. The summed E-state index contributed by atoms with van der Waals surface area (Å²) in [5.74, 6) is 0. The minimum Gasteiger partial charge on any atom is -0.140 e. The first-order valence-electron chi connectivity index (χ1n) is 10.9. The molecule has 3 aromatic heterocycles. The molecule has 0 saturated carbocycles. The molecule has 0 spiro atoms. The lowest BCUT2D eigenvalue weighted by molar-refractivity contribution is 0.600. The predicted octanol–water partition coefficient (Wildman–Crippen LogP) is 9.79. The Bertz CT molecular complexity index is 1070. The van der Waals surface area contributed by atoms with Gasteiger partial charge in [0.25, 0.3) is 0 Å². The second kappa shape index (κ2) is 8.41. The van der Waals surface area contributed by atoms with E-state index in [1.54, 1.807) is 0 Å². The van der Waals surface area contributed by atoms with Gasteiger partial charge in [-0.3, -0.25) is 0 Å². The lowest BCUT2D eigenvalue weighted by Crippen LogP contribution is -2.10.